The largest absolute Gasteiger partial charge is 0.494 e. The molecule has 0 aromatic heterocycles. The third kappa shape index (κ3) is 5.62. The van der Waals surface area contributed by atoms with Crippen LogP contribution in [0.3, 0.4) is 0 Å². The van der Waals surface area contributed by atoms with Crippen molar-refractivity contribution in [3.05, 3.63) is 36.4 Å². The van der Waals surface area contributed by atoms with E-state index in [9.17, 15) is 0 Å². The Balaban J connectivity index is 2.72. The molecule has 1 aromatic carbocycles. The molecule has 0 aliphatic heterocycles. The summed E-state index contributed by atoms with van der Waals surface area (Å²) in [6, 6.07) is 8.12. The van der Waals surface area contributed by atoms with E-state index >= 15 is 0 Å². The summed E-state index contributed by atoms with van der Waals surface area (Å²) >= 11 is 0. The van der Waals surface area contributed by atoms with Gasteiger partial charge >= 0.3 is 7.12 Å². The molecule has 0 aliphatic rings. The van der Waals surface area contributed by atoms with E-state index in [1.54, 1.807) is 0 Å². The lowest BCUT2D eigenvalue weighted by Crippen LogP contribution is -2.39. The lowest BCUT2D eigenvalue weighted by atomic mass is 9.75. The molecule has 1 aromatic rings. The van der Waals surface area contributed by atoms with Gasteiger partial charge in [0, 0.05) is 13.2 Å². The highest BCUT2D eigenvalue weighted by atomic mass is 16.6. The highest BCUT2D eigenvalue weighted by Crippen LogP contribution is 2.04. The van der Waals surface area contributed by atoms with Crippen molar-refractivity contribution < 1.29 is 9.31 Å². The zero-order chi connectivity index (χ0) is 13.9. The Morgan fingerprint density at radius 3 is 2.16 bits per heavy atom. The van der Waals surface area contributed by atoms with E-state index in [2.05, 4.69) is 26.5 Å². The fraction of sp³-hybridized carbons (Fsp3) is 0.500. The summed E-state index contributed by atoms with van der Waals surface area (Å²) in [4.78, 5) is 0. The predicted molar refractivity (Wildman–Crippen MR) is 83.6 cm³/mol. The Morgan fingerprint density at radius 2 is 1.63 bits per heavy atom. The van der Waals surface area contributed by atoms with Gasteiger partial charge in [-0.05, 0) is 23.9 Å². The van der Waals surface area contributed by atoms with Gasteiger partial charge < -0.3 is 9.31 Å². The second kappa shape index (κ2) is 9.82. The highest BCUT2D eigenvalue weighted by Gasteiger charge is 2.22. The Hall–Kier alpha value is -1.06. The van der Waals surface area contributed by atoms with Crippen molar-refractivity contribution in [2.45, 2.75) is 39.5 Å². The summed E-state index contributed by atoms with van der Waals surface area (Å²) in [6.45, 7) is 9.65. The molecule has 0 saturated heterocycles. The molecule has 0 heterocycles. The van der Waals surface area contributed by atoms with Gasteiger partial charge in [0.25, 0.3) is 0 Å². The van der Waals surface area contributed by atoms with Gasteiger partial charge in [-0.15, -0.1) is 0 Å². The molecule has 0 N–H and O–H groups in total. The number of unbranched alkanes of at least 4 members (excludes halogenated alkanes) is 2. The van der Waals surface area contributed by atoms with Gasteiger partial charge in [0.1, 0.15) is 0 Å². The molecule has 0 bridgehead atoms. The number of rotatable bonds is 10. The van der Waals surface area contributed by atoms with Crippen LogP contribution >= 0.6 is 0 Å². The molecule has 0 radical (unpaired) electrons. The summed E-state index contributed by atoms with van der Waals surface area (Å²) in [7, 11) is -0.271. The number of hydrogen-bond acceptors (Lipinski definition) is 2. The molecule has 0 saturated carbocycles. The van der Waals surface area contributed by atoms with Gasteiger partial charge in [0.05, 0.1) is 0 Å². The van der Waals surface area contributed by atoms with Gasteiger partial charge in [-0.1, -0.05) is 63.6 Å². The van der Waals surface area contributed by atoms with E-state index in [0.29, 0.717) is 0 Å². The lowest BCUT2D eigenvalue weighted by molar-refractivity contribution is 0.202. The summed E-state index contributed by atoms with van der Waals surface area (Å²) in [6.07, 6.45) is 6.23. The molecule has 2 nitrogen and oxygen atoms in total. The van der Waals surface area contributed by atoms with E-state index in [4.69, 9.17) is 9.31 Å². The molecule has 0 atom stereocenters. The fourth-order valence-corrected chi connectivity index (χ4v) is 1.81. The quantitative estimate of drug-likeness (QED) is 0.472. The van der Waals surface area contributed by atoms with Gasteiger partial charge in [-0.2, -0.15) is 0 Å². The average Bonchev–Trinajstić information content (AvgIpc) is 2.46. The van der Waals surface area contributed by atoms with Gasteiger partial charge in [0.2, 0.25) is 0 Å². The van der Waals surface area contributed by atoms with Crippen molar-refractivity contribution in [2.24, 2.45) is 0 Å². The predicted octanol–water partition coefficient (Wildman–Crippen LogP) is 3.66. The topological polar surface area (TPSA) is 18.5 Å². The van der Waals surface area contributed by atoms with Crippen LogP contribution in [0.2, 0.25) is 0 Å². The fourth-order valence-electron chi connectivity index (χ4n) is 1.81. The van der Waals surface area contributed by atoms with Gasteiger partial charge in [0.15, 0.2) is 0 Å². The standard InChI is InChI=1S/C16H25BO2/c1-4-7-13-18-17(19-14-8-5-2)16-12-10-9-11-15(16)6-3/h6,9-12H,3-5,7-8,13-14H2,1-2H3. The molecular weight excluding hydrogens is 235 g/mol. The third-order valence-electron chi connectivity index (χ3n) is 3.00. The van der Waals surface area contributed by atoms with E-state index in [-0.39, 0.29) is 7.12 Å². The van der Waals surface area contributed by atoms with Crippen LogP contribution in [0.5, 0.6) is 0 Å². The Labute approximate surface area is 118 Å². The molecule has 0 amide bonds. The van der Waals surface area contributed by atoms with Gasteiger partial charge in [-0.25, -0.2) is 0 Å². The Bertz CT molecular complexity index is 356. The molecule has 104 valence electrons. The third-order valence-corrected chi connectivity index (χ3v) is 3.00. The Kier molecular flexibility index (Phi) is 8.27. The first-order valence-electron chi connectivity index (χ1n) is 7.28. The monoisotopic (exact) mass is 260 g/mol. The summed E-state index contributed by atoms with van der Waals surface area (Å²) < 4.78 is 11.8. The summed E-state index contributed by atoms with van der Waals surface area (Å²) in [5, 5.41) is 0. The van der Waals surface area contributed by atoms with Crippen molar-refractivity contribution in [2.75, 3.05) is 13.2 Å². The molecule has 0 unspecified atom stereocenters. The second-order valence-corrected chi connectivity index (χ2v) is 4.61. The average molecular weight is 260 g/mol. The minimum Gasteiger partial charge on any atom is -0.407 e. The molecule has 19 heavy (non-hydrogen) atoms. The van der Waals surface area contributed by atoms with Crippen LogP contribution in [0.25, 0.3) is 6.08 Å². The van der Waals surface area contributed by atoms with Crippen molar-refractivity contribution in [1.82, 2.24) is 0 Å². The van der Waals surface area contributed by atoms with Crippen LogP contribution in [0.1, 0.15) is 45.1 Å². The van der Waals surface area contributed by atoms with Crippen molar-refractivity contribution in [3.63, 3.8) is 0 Å². The van der Waals surface area contributed by atoms with Gasteiger partial charge in [-0.3, -0.25) is 0 Å². The molecule has 0 aliphatic carbocycles. The first-order valence-corrected chi connectivity index (χ1v) is 7.28. The van der Waals surface area contributed by atoms with E-state index < -0.39 is 0 Å². The van der Waals surface area contributed by atoms with Crippen LogP contribution < -0.4 is 5.46 Å². The maximum Gasteiger partial charge on any atom is 0.494 e. The first-order chi connectivity index (χ1) is 9.33. The van der Waals surface area contributed by atoms with E-state index in [1.165, 1.54) is 0 Å². The van der Waals surface area contributed by atoms with Crippen molar-refractivity contribution in [1.29, 1.82) is 0 Å². The van der Waals surface area contributed by atoms with E-state index in [1.807, 2.05) is 24.3 Å². The van der Waals surface area contributed by atoms with Crippen molar-refractivity contribution in [3.8, 4) is 0 Å². The van der Waals surface area contributed by atoms with E-state index in [0.717, 1.165) is 49.9 Å². The number of hydrogen-bond donors (Lipinski definition) is 0. The minimum atomic E-state index is -0.271. The maximum atomic E-state index is 5.89. The zero-order valence-corrected chi connectivity index (χ0v) is 12.2. The minimum absolute atomic E-state index is 0.271. The molecule has 0 spiro atoms. The second-order valence-electron chi connectivity index (χ2n) is 4.61. The normalized spacial score (nSPS) is 10.4. The molecular formula is C16H25BO2. The molecule has 3 heteroatoms. The highest BCUT2D eigenvalue weighted by molar-refractivity contribution is 6.62. The smallest absolute Gasteiger partial charge is 0.407 e. The first kappa shape index (κ1) is 16.0. The molecule has 1 rings (SSSR count). The maximum absolute atomic E-state index is 5.89. The molecule has 0 fully saturated rings. The zero-order valence-electron chi connectivity index (χ0n) is 12.2. The summed E-state index contributed by atoms with van der Waals surface area (Å²) in [5.74, 6) is 0. The Morgan fingerprint density at radius 1 is 1.05 bits per heavy atom. The SMILES string of the molecule is C=Cc1ccccc1B(OCCCC)OCCCC. The van der Waals surface area contributed by atoms with Crippen LogP contribution in [-0.4, -0.2) is 20.3 Å². The van der Waals surface area contributed by atoms with Crippen LogP contribution in [-0.2, 0) is 9.31 Å². The van der Waals surface area contributed by atoms with Crippen LogP contribution in [0.4, 0.5) is 0 Å². The van der Waals surface area contributed by atoms with Crippen LogP contribution in [0, 0.1) is 0 Å². The summed E-state index contributed by atoms with van der Waals surface area (Å²) in [5.41, 5.74) is 2.16. The number of benzene rings is 1. The van der Waals surface area contributed by atoms with Crippen molar-refractivity contribution >= 4 is 18.7 Å². The lowest BCUT2D eigenvalue weighted by Gasteiger charge is -2.16. The van der Waals surface area contributed by atoms with Crippen LogP contribution in [0.15, 0.2) is 30.8 Å².